The molecular formula is C20H21N5O3. The number of benzene rings is 1. The van der Waals surface area contributed by atoms with Crippen molar-refractivity contribution in [1.82, 2.24) is 24.2 Å². The fraction of sp³-hybridized carbons (Fsp3) is 0.300. The number of imidazole rings is 1. The fourth-order valence-electron chi connectivity index (χ4n) is 3.51. The third-order valence-electron chi connectivity index (χ3n) is 4.97. The molecule has 28 heavy (non-hydrogen) atoms. The van der Waals surface area contributed by atoms with Crippen molar-refractivity contribution in [2.75, 3.05) is 33.3 Å². The maximum atomic E-state index is 13.1. The second-order valence-electron chi connectivity index (χ2n) is 6.62. The SMILES string of the molecule is COc1ccccc1C(=O)N1CCN(C(=O)c2c(C)nc3ncccn23)CC1. The van der Waals surface area contributed by atoms with Crippen LogP contribution in [-0.2, 0) is 0 Å². The number of carbonyl (C=O) groups excluding carboxylic acids is 2. The van der Waals surface area contributed by atoms with E-state index in [0.29, 0.717) is 54.7 Å². The quantitative estimate of drug-likeness (QED) is 0.691. The highest BCUT2D eigenvalue weighted by molar-refractivity contribution is 5.97. The molecule has 0 spiro atoms. The van der Waals surface area contributed by atoms with Crippen molar-refractivity contribution < 1.29 is 14.3 Å². The first-order valence-electron chi connectivity index (χ1n) is 9.11. The molecule has 1 fully saturated rings. The van der Waals surface area contributed by atoms with Crippen molar-refractivity contribution in [1.29, 1.82) is 0 Å². The van der Waals surface area contributed by atoms with Crippen LogP contribution in [0, 0.1) is 6.92 Å². The Morgan fingerprint density at radius 3 is 2.39 bits per heavy atom. The smallest absolute Gasteiger partial charge is 0.272 e. The van der Waals surface area contributed by atoms with E-state index in [2.05, 4.69) is 9.97 Å². The van der Waals surface area contributed by atoms with E-state index in [-0.39, 0.29) is 11.8 Å². The van der Waals surface area contributed by atoms with Gasteiger partial charge in [-0.3, -0.25) is 14.0 Å². The summed E-state index contributed by atoms with van der Waals surface area (Å²) in [7, 11) is 1.55. The number of amides is 2. The van der Waals surface area contributed by atoms with Gasteiger partial charge in [0, 0.05) is 38.6 Å². The number of nitrogens with zero attached hydrogens (tertiary/aromatic N) is 5. The molecule has 0 saturated carbocycles. The van der Waals surface area contributed by atoms with Gasteiger partial charge in [-0.15, -0.1) is 0 Å². The van der Waals surface area contributed by atoms with Crippen LogP contribution in [0.1, 0.15) is 26.5 Å². The fourth-order valence-corrected chi connectivity index (χ4v) is 3.51. The number of hydrogen-bond acceptors (Lipinski definition) is 5. The number of fused-ring (bicyclic) bond motifs is 1. The summed E-state index contributed by atoms with van der Waals surface area (Å²) < 4.78 is 7.00. The second-order valence-corrected chi connectivity index (χ2v) is 6.62. The minimum Gasteiger partial charge on any atom is -0.496 e. The number of hydrogen-bond donors (Lipinski definition) is 0. The Bertz CT molecular complexity index is 1040. The molecule has 1 aromatic carbocycles. The van der Waals surface area contributed by atoms with Gasteiger partial charge in [0.05, 0.1) is 18.4 Å². The van der Waals surface area contributed by atoms with Crippen LogP contribution in [0.25, 0.3) is 5.78 Å². The summed E-state index contributed by atoms with van der Waals surface area (Å²) in [6.45, 7) is 3.68. The zero-order valence-electron chi connectivity index (χ0n) is 15.8. The summed E-state index contributed by atoms with van der Waals surface area (Å²) in [4.78, 5) is 38.0. The van der Waals surface area contributed by atoms with Crippen molar-refractivity contribution in [3.05, 3.63) is 59.7 Å². The molecule has 3 aromatic rings. The van der Waals surface area contributed by atoms with Crippen LogP contribution in [0.4, 0.5) is 0 Å². The molecule has 1 saturated heterocycles. The van der Waals surface area contributed by atoms with E-state index >= 15 is 0 Å². The topological polar surface area (TPSA) is 80.0 Å². The lowest BCUT2D eigenvalue weighted by atomic mass is 10.1. The van der Waals surface area contributed by atoms with Gasteiger partial charge in [0.2, 0.25) is 5.78 Å². The van der Waals surface area contributed by atoms with Crippen molar-refractivity contribution in [3.63, 3.8) is 0 Å². The van der Waals surface area contributed by atoms with Gasteiger partial charge in [-0.2, -0.15) is 0 Å². The molecule has 1 aliphatic heterocycles. The lowest BCUT2D eigenvalue weighted by Gasteiger charge is -2.35. The Morgan fingerprint density at radius 2 is 1.68 bits per heavy atom. The third-order valence-corrected chi connectivity index (χ3v) is 4.97. The van der Waals surface area contributed by atoms with E-state index in [1.165, 1.54) is 0 Å². The Kier molecular flexibility index (Phi) is 4.68. The molecule has 0 N–H and O–H groups in total. The van der Waals surface area contributed by atoms with Gasteiger partial charge in [0.15, 0.2) is 0 Å². The molecule has 4 rings (SSSR count). The molecule has 0 atom stereocenters. The summed E-state index contributed by atoms with van der Waals surface area (Å²) >= 11 is 0. The molecule has 144 valence electrons. The monoisotopic (exact) mass is 379 g/mol. The molecule has 3 heterocycles. The normalized spacial score (nSPS) is 14.4. The molecule has 8 nitrogen and oxygen atoms in total. The van der Waals surface area contributed by atoms with Gasteiger partial charge in [0.1, 0.15) is 11.4 Å². The highest BCUT2D eigenvalue weighted by Crippen LogP contribution is 2.21. The molecule has 0 aliphatic carbocycles. The van der Waals surface area contributed by atoms with Crippen LogP contribution in [0.3, 0.4) is 0 Å². The summed E-state index contributed by atoms with van der Waals surface area (Å²) in [6, 6.07) is 8.95. The van der Waals surface area contributed by atoms with E-state index < -0.39 is 0 Å². The van der Waals surface area contributed by atoms with Crippen molar-refractivity contribution in [2.24, 2.45) is 0 Å². The molecule has 0 bridgehead atoms. The Hall–Kier alpha value is -3.42. The van der Waals surface area contributed by atoms with Crippen molar-refractivity contribution in [3.8, 4) is 5.75 Å². The Labute approximate surface area is 162 Å². The van der Waals surface area contributed by atoms with Gasteiger partial charge >= 0.3 is 0 Å². The van der Waals surface area contributed by atoms with E-state index in [1.807, 2.05) is 19.1 Å². The lowest BCUT2D eigenvalue weighted by molar-refractivity contribution is 0.0529. The number of carbonyl (C=O) groups is 2. The molecule has 1 aliphatic rings. The van der Waals surface area contributed by atoms with Gasteiger partial charge in [0.25, 0.3) is 11.8 Å². The summed E-state index contributed by atoms with van der Waals surface area (Å²) in [5.74, 6) is 0.885. The Morgan fingerprint density at radius 1 is 1.00 bits per heavy atom. The highest BCUT2D eigenvalue weighted by atomic mass is 16.5. The standard InChI is InChI=1S/C20H21N5O3/c1-14-17(25-9-5-8-21-20(25)22-14)19(27)24-12-10-23(11-13-24)18(26)15-6-3-4-7-16(15)28-2/h3-9H,10-13H2,1-2H3. The molecule has 0 unspecified atom stereocenters. The maximum Gasteiger partial charge on any atom is 0.272 e. The first-order chi connectivity index (χ1) is 13.6. The lowest BCUT2D eigenvalue weighted by Crippen LogP contribution is -2.51. The van der Waals surface area contributed by atoms with Gasteiger partial charge in [-0.1, -0.05) is 12.1 Å². The molecule has 2 amide bonds. The second kappa shape index (κ2) is 7.30. The van der Waals surface area contributed by atoms with Gasteiger partial charge in [-0.05, 0) is 25.1 Å². The zero-order valence-corrected chi connectivity index (χ0v) is 15.8. The van der Waals surface area contributed by atoms with Crippen molar-refractivity contribution in [2.45, 2.75) is 6.92 Å². The zero-order chi connectivity index (χ0) is 19.7. The van der Waals surface area contributed by atoms with Crippen LogP contribution < -0.4 is 4.74 Å². The highest BCUT2D eigenvalue weighted by Gasteiger charge is 2.29. The average molecular weight is 379 g/mol. The molecule has 2 aromatic heterocycles. The van der Waals surface area contributed by atoms with Crippen molar-refractivity contribution >= 4 is 17.6 Å². The number of para-hydroxylation sites is 1. The predicted octanol–water partition coefficient (Wildman–Crippen LogP) is 1.64. The van der Waals surface area contributed by atoms with E-state index in [0.717, 1.165) is 0 Å². The molecule has 8 heteroatoms. The minimum absolute atomic E-state index is 0.0836. The van der Waals surface area contributed by atoms with Crippen LogP contribution in [0.15, 0.2) is 42.7 Å². The predicted molar refractivity (Wildman–Crippen MR) is 103 cm³/mol. The number of rotatable bonds is 3. The molecular weight excluding hydrogens is 358 g/mol. The van der Waals surface area contributed by atoms with Crippen LogP contribution in [0.5, 0.6) is 5.75 Å². The summed E-state index contributed by atoms with van der Waals surface area (Å²) in [5, 5.41) is 0. The van der Waals surface area contributed by atoms with Crippen LogP contribution in [0.2, 0.25) is 0 Å². The summed E-state index contributed by atoms with van der Waals surface area (Å²) in [5.41, 5.74) is 1.71. The van der Waals surface area contributed by atoms with Crippen LogP contribution >= 0.6 is 0 Å². The largest absolute Gasteiger partial charge is 0.496 e. The number of ether oxygens (including phenoxy) is 1. The van der Waals surface area contributed by atoms with Gasteiger partial charge in [-0.25, -0.2) is 9.97 Å². The number of piperazine rings is 1. The van der Waals surface area contributed by atoms with Crippen LogP contribution in [-0.4, -0.2) is 69.3 Å². The minimum atomic E-state index is -0.0950. The number of aromatic nitrogens is 3. The van der Waals surface area contributed by atoms with E-state index in [9.17, 15) is 9.59 Å². The first-order valence-corrected chi connectivity index (χ1v) is 9.11. The van der Waals surface area contributed by atoms with E-state index in [1.54, 1.807) is 51.9 Å². The summed E-state index contributed by atoms with van der Waals surface area (Å²) in [6.07, 6.45) is 3.44. The van der Waals surface area contributed by atoms with E-state index in [4.69, 9.17) is 4.74 Å². The first kappa shape index (κ1) is 18.0. The average Bonchev–Trinajstić information content (AvgIpc) is 3.08. The molecule has 0 radical (unpaired) electrons. The third kappa shape index (κ3) is 3.06. The Balaban J connectivity index is 1.49. The number of methoxy groups -OCH3 is 1. The number of aryl methyl sites for hydroxylation is 1. The van der Waals surface area contributed by atoms with Gasteiger partial charge < -0.3 is 14.5 Å². The maximum absolute atomic E-state index is 13.1.